The van der Waals surface area contributed by atoms with Gasteiger partial charge in [-0.25, -0.2) is 21.9 Å². The van der Waals surface area contributed by atoms with Crippen molar-refractivity contribution in [1.82, 2.24) is 4.72 Å². The summed E-state index contributed by atoms with van der Waals surface area (Å²) in [7, 11) is -4.02. The second-order valence-electron chi connectivity index (χ2n) is 4.89. The first-order valence-corrected chi connectivity index (χ1v) is 8.37. The van der Waals surface area contributed by atoms with E-state index in [0.29, 0.717) is 6.07 Å². The first-order chi connectivity index (χ1) is 11.3. The lowest BCUT2D eigenvalue weighted by Crippen LogP contribution is -2.30. The number of rotatable bonds is 6. The van der Waals surface area contributed by atoms with Crippen LogP contribution in [0.3, 0.4) is 0 Å². The average molecular weight is 353 g/mol. The van der Waals surface area contributed by atoms with Crippen molar-refractivity contribution in [3.63, 3.8) is 0 Å². The molecular weight excluding hydrogens is 340 g/mol. The number of nitrogens with one attached hydrogen (secondary N) is 1. The molecular formula is C16H13F2NO4S. The van der Waals surface area contributed by atoms with Gasteiger partial charge in [0.15, 0.2) is 5.78 Å². The van der Waals surface area contributed by atoms with Crippen LogP contribution < -0.4 is 4.72 Å². The van der Waals surface area contributed by atoms with Crippen molar-refractivity contribution < 1.29 is 26.8 Å². The molecule has 0 saturated carbocycles. The number of sulfonamides is 1. The predicted molar refractivity (Wildman–Crippen MR) is 81.7 cm³/mol. The van der Waals surface area contributed by atoms with Gasteiger partial charge in [-0.15, -0.1) is 0 Å². The van der Waals surface area contributed by atoms with Gasteiger partial charge in [0, 0.05) is 18.9 Å². The van der Waals surface area contributed by atoms with Crippen LogP contribution in [0.5, 0.6) is 0 Å². The zero-order chi connectivity index (χ0) is 17.7. The molecule has 0 heterocycles. The fraction of sp³-hybridized carbons (Fsp3) is 0.125. The van der Waals surface area contributed by atoms with Gasteiger partial charge in [-0.2, -0.15) is 0 Å². The molecule has 1 amide bonds. The summed E-state index contributed by atoms with van der Waals surface area (Å²) in [4.78, 5) is 23.4. The maximum atomic E-state index is 13.5. The minimum absolute atomic E-state index is 0.0887. The Labute approximate surface area is 137 Å². The third kappa shape index (κ3) is 4.45. The number of hydrogen-bond donors (Lipinski definition) is 1. The first kappa shape index (κ1) is 17.7. The van der Waals surface area contributed by atoms with E-state index in [2.05, 4.69) is 0 Å². The van der Waals surface area contributed by atoms with E-state index in [9.17, 15) is 26.8 Å². The molecule has 0 unspecified atom stereocenters. The molecule has 0 saturated heterocycles. The highest BCUT2D eigenvalue weighted by atomic mass is 32.2. The van der Waals surface area contributed by atoms with Gasteiger partial charge in [-0.3, -0.25) is 9.59 Å². The molecule has 0 aliphatic carbocycles. The van der Waals surface area contributed by atoms with Crippen molar-refractivity contribution in [2.75, 3.05) is 0 Å². The van der Waals surface area contributed by atoms with Gasteiger partial charge in [0.1, 0.15) is 11.6 Å². The van der Waals surface area contributed by atoms with Gasteiger partial charge in [-0.1, -0.05) is 18.2 Å². The van der Waals surface area contributed by atoms with E-state index in [-0.39, 0.29) is 10.5 Å². The Balaban J connectivity index is 1.97. The number of hydrogen-bond acceptors (Lipinski definition) is 4. The second-order valence-corrected chi connectivity index (χ2v) is 6.57. The van der Waals surface area contributed by atoms with Crippen LogP contribution in [0, 0.1) is 11.6 Å². The minimum Gasteiger partial charge on any atom is -0.294 e. The van der Waals surface area contributed by atoms with Crippen LogP contribution in [0.25, 0.3) is 0 Å². The highest BCUT2D eigenvalue weighted by Crippen LogP contribution is 2.13. The summed E-state index contributed by atoms with van der Waals surface area (Å²) in [5, 5.41) is 0. The maximum Gasteiger partial charge on any atom is 0.264 e. The van der Waals surface area contributed by atoms with Crippen LogP contribution in [0.2, 0.25) is 0 Å². The zero-order valence-electron chi connectivity index (χ0n) is 12.3. The number of halogens is 2. The van der Waals surface area contributed by atoms with Gasteiger partial charge < -0.3 is 0 Å². The van der Waals surface area contributed by atoms with E-state index in [1.54, 1.807) is 6.07 Å². The van der Waals surface area contributed by atoms with Crippen molar-refractivity contribution >= 4 is 21.7 Å². The van der Waals surface area contributed by atoms with E-state index in [0.717, 1.165) is 12.1 Å². The molecule has 0 radical (unpaired) electrons. The molecule has 126 valence electrons. The van der Waals surface area contributed by atoms with Gasteiger partial charge in [0.25, 0.3) is 10.0 Å². The molecule has 0 atom stereocenters. The van der Waals surface area contributed by atoms with E-state index in [1.165, 1.54) is 24.3 Å². The molecule has 2 rings (SSSR count). The number of benzene rings is 2. The zero-order valence-corrected chi connectivity index (χ0v) is 13.1. The summed E-state index contributed by atoms with van der Waals surface area (Å²) in [6.45, 7) is 0. The first-order valence-electron chi connectivity index (χ1n) is 6.88. The number of carbonyl (C=O) groups excluding carboxylic acids is 2. The summed E-state index contributed by atoms with van der Waals surface area (Å²) in [6.07, 6.45) is -0.847. The van der Waals surface area contributed by atoms with Crippen molar-refractivity contribution in [2.24, 2.45) is 0 Å². The van der Waals surface area contributed by atoms with Crippen LogP contribution in [0.4, 0.5) is 8.78 Å². The normalized spacial score (nSPS) is 11.1. The maximum absolute atomic E-state index is 13.5. The fourth-order valence-electron chi connectivity index (χ4n) is 1.94. The van der Waals surface area contributed by atoms with Crippen LogP contribution in [-0.2, 0) is 14.8 Å². The smallest absolute Gasteiger partial charge is 0.264 e. The third-order valence-corrected chi connectivity index (χ3v) is 4.50. The summed E-state index contributed by atoms with van der Waals surface area (Å²) < 4.78 is 51.9. The Bertz CT molecular complexity index is 867. The lowest BCUT2D eigenvalue weighted by atomic mass is 10.1. The Kier molecular flexibility index (Phi) is 5.40. The number of amides is 1. The van der Waals surface area contributed by atoms with Crippen LogP contribution >= 0.6 is 0 Å². The number of Topliss-reactive ketones (excluding diaryl/α,β-unsaturated/α-hetero) is 1. The second kappa shape index (κ2) is 7.31. The summed E-state index contributed by atoms with van der Waals surface area (Å²) in [5.41, 5.74) is -0.352. The van der Waals surface area contributed by atoms with Gasteiger partial charge in [0.05, 0.1) is 10.5 Å². The summed E-state index contributed by atoms with van der Waals surface area (Å²) >= 11 is 0. The SMILES string of the molecule is O=C(CCC(=O)c1ccc(F)cc1F)NS(=O)(=O)c1ccccc1. The lowest BCUT2D eigenvalue weighted by molar-refractivity contribution is -0.119. The van der Waals surface area contributed by atoms with Crippen molar-refractivity contribution in [1.29, 1.82) is 0 Å². The van der Waals surface area contributed by atoms with Gasteiger partial charge in [-0.05, 0) is 24.3 Å². The molecule has 0 fully saturated rings. The molecule has 8 heteroatoms. The van der Waals surface area contributed by atoms with Crippen molar-refractivity contribution in [3.8, 4) is 0 Å². The molecule has 2 aromatic rings. The quantitative estimate of drug-likeness (QED) is 0.809. The third-order valence-electron chi connectivity index (χ3n) is 3.11. The molecule has 0 aromatic heterocycles. The molecule has 0 spiro atoms. The molecule has 0 bridgehead atoms. The highest BCUT2D eigenvalue weighted by Gasteiger charge is 2.19. The van der Waals surface area contributed by atoms with Gasteiger partial charge >= 0.3 is 0 Å². The molecule has 1 N–H and O–H groups in total. The average Bonchev–Trinajstić information content (AvgIpc) is 2.53. The lowest BCUT2D eigenvalue weighted by Gasteiger charge is -2.07. The molecule has 24 heavy (non-hydrogen) atoms. The molecule has 5 nitrogen and oxygen atoms in total. The summed E-state index contributed by atoms with van der Waals surface area (Å²) in [6, 6.07) is 9.72. The Morgan fingerprint density at radius 3 is 2.25 bits per heavy atom. The Morgan fingerprint density at radius 2 is 1.62 bits per heavy atom. The monoisotopic (exact) mass is 353 g/mol. The van der Waals surface area contributed by atoms with Crippen LogP contribution in [-0.4, -0.2) is 20.1 Å². The summed E-state index contributed by atoms with van der Waals surface area (Å²) in [5.74, 6) is -3.47. The Morgan fingerprint density at radius 1 is 0.958 bits per heavy atom. The van der Waals surface area contributed by atoms with E-state index in [4.69, 9.17) is 0 Å². The standard InChI is InChI=1S/C16H13F2NO4S/c17-11-6-7-13(14(18)10-11)15(20)8-9-16(21)19-24(22,23)12-4-2-1-3-5-12/h1-7,10H,8-9H2,(H,19,21). The number of ketones is 1. The Hall–Kier alpha value is -2.61. The topological polar surface area (TPSA) is 80.3 Å². The molecule has 2 aromatic carbocycles. The fourth-order valence-corrected chi connectivity index (χ4v) is 2.97. The predicted octanol–water partition coefficient (Wildman–Crippen LogP) is 2.43. The van der Waals surface area contributed by atoms with Gasteiger partial charge in [0.2, 0.25) is 5.91 Å². The van der Waals surface area contributed by atoms with Crippen molar-refractivity contribution in [3.05, 3.63) is 65.7 Å². The van der Waals surface area contributed by atoms with E-state index < -0.39 is 46.2 Å². The van der Waals surface area contributed by atoms with Crippen molar-refractivity contribution in [2.45, 2.75) is 17.7 Å². The minimum atomic E-state index is -4.02. The highest BCUT2D eigenvalue weighted by molar-refractivity contribution is 7.90. The van der Waals surface area contributed by atoms with E-state index in [1.807, 2.05) is 4.72 Å². The molecule has 0 aliphatic heterocycles. The largest absolute Gasteiger partial charge is 0.294 e. The van der Waals surface area contributed by atoms with Crippen LogP contribution in [0.1, 0.15) is 23.2 Å². The van der Waals surface area contributed by atoms with Crippen LogP contribution in [0.15, 0.2) is 53.4 Å². The van der Waals surface area contributed by atoms with E-state index >= 15 is 0 Å². The number of carbonyl (C=O) groups is 2. The molecule has 0 aliphatic rings.